The smallest absolute Gasteiger partial charge is 0.371 e. The molecule has 0 aromatic heterocycles. The second-order valence-corrected chi connectivity index (χ2v) is 4.07. The molecule has 0 saturated carbocycles. The van der Waals surface area contributed by atoms with Gasteiger partial charge in [0.25, 0.3) is 5.69 Å². The predicted octanol–water partition coefficient (Wildman–Crippen LogP) is 1.92. The van der Waals surface area contributed by atoms with Crippen molar-refractivity contribution in [3.05, 3.63) is 39.4 Å². The van der Waals surface area contributed by atoms with E-state index in [9.17, 15) is 28.1 Å². The first-order valence-corrected chi connectivity index (χ1v) is 5.88. The number of likely N-dealkylation sites (N-methyl/N-ethyl adjacent to an activating group) is 1. The zero-order chi connectivity index (χ0) is 16.0. The number of hydrogen-bond acceptors (Lipinski definition) is 4. The number of amides is 1. The van der Waals surface area contributed by atoms with E-state index in [2.05, 4.69) is 5.32 Å². The summed E-state index contributed by atoms with van der Waals surface area (Å²) in [6.45, 7) is -0.362. The highest BCUT2D eigenvalue weighted by Crippen LogP contribution is 2.34. The molecule has 0 radical (unpaired) electrons. The molecule has 21 heavy (non-hydrogen) atoms. The Morgan fingerprint density at radius 2 is 2.10 bits per heavy atom. The number of carbonyl (C=O) groups is 1. The van der Waals surface area contributed by atoms with Crippen LogP contribution in [0.5, 0.6) is 0 Å². The summed E-state index contributed by atoms with van der Waals surface area (Å²) in [6, 6.07) is 2.54. The van der Waals surface area contributed by atoms with Crippen LogP contribution in [0.3, 0.4) is 0 Å². The van der Waals surface area contributed by atoms with Gasteiger partial charge in [-0.2, -0.15) is 13.2 Å². The molecule has 0 fully saturated rings. The number of alkyl halides is 3. The van der Waals surface area contributed by atoms with Crippen LogP contribution in [-0.4, -0.2) is 31.1 Å². The van der Waals surface area contributed by atoms with Crippen molar-refractivity contribution in [2.45, 2.75) is 12.6 Å². The Morgan fingerprint density at radius 3 is 2.62 bits per heavy atom. The molecule has 9 heteroatoms. The molecule has 1 N–H and O–H groups in total. The molecule has 0 atom stereocenters. The summed E-state index contributed by atoms with van der Waals surface area (Å²) in [5.74, 6) is -0.394. The monoisotopic (exact) mass is 306 g/mol. The zero-order valence-corrected chi connectivity index (χ0v) is 11.1. The molecule has 1 aromatic carbocycles. The fourth-order valence-corrected chi connectivity index (χ4v) is 1.58. The van der Waals surface area contributed by atoms with Gasteiger partial charge in [-0.1, -0.05) is 6.07 Å². The molecule has 1 amide bonds. The molecular weight excluding hydrogens is 293 g/mol. The van der Waals surface area contributed by atoms with Crippen LogP contribution < -0.4 is 5.32 Å². The lowest BCUT2D eigenvalue weighted by Gasteiger charge is -2.12. The number of halogens is 3. The van der Waals surface area contributed by atoms with Crippen LogP contribution in [0.2, 0.25) is 0 Å². The molecule has 0 aliphatic rings. The Balaban J connectivity index is 2.82. The van der Waals surface area contributed by atoms with Gasteiger partial charge in [0.05, 0.1) is 17.1 Å². The molecule has 0 saturated heterocycles. The molecule has 6 nitrogen and oxygen atoms in total. The highest BCUT2D eigenvalue weighted by Gasteiger charge is 2.34. The number of benzene rings is 1. The topological polar surface area (TPSA) is 81.5 Å². The summed E-state index contributed by atoms with van der Waals surface area (Å²) < 4.78 is 43.5. The first kappa shape index (κ1) is 16.9. The third kappa shape index (κ3) is 5.03. The van der Waals surface area contributed by atoms with Crippen LogP contribution in [0.1, 0.15) is 11.1 Å². The van der Waals surface area contributed by atoms with Crippen LogP contribution in [0, 0.1) is 10.1 Å². The Kier molecular flexibility index (Phi) is 5.65. The molecule has 0 bridgehead atoms. The quantitative estimate of drug-likeness (QED) is 0.494. The predicted molar refractivity (Wildman–Crippen MR) is 66.7 cm³/mol. The molecule has 1 rings (SSSR count). The SMILES string of the molecule is CNC(=O)COCCc1ccc([N+](=O)[O-])cc1C(F)(F)F. The molecule has 0 unspecified atom stereocenters. The third-order valence-corrected chi connectivity index (χ3v) is 2.64. The van der Waals surface area contributed by atoms with Gasteiger partial charge in [0.2, 0.25) is 5.91 Å². The minimum atomic E-state index is -4.69. The van der Waals surface area contributed by atoms with Crippen molar-refractivity contribution in [3.8, 4) is 0 Å². The van der Waals surface area contributed by atoms with Gasteiger partial charge in [0, 0.05) is 19.2 Å². The lowest BCUT2D eigenvalue weighted by atomic mass is 10.0. The maximum Gasteiger partial charge on any atom is 0.416 e. The largest absolute Gasteiger partial charge is 0.416 e. The van der Waals surface area contributed by atoms with Crippen molar-refractivity contribution in [2.75, 3.05) is 20.3 Å². The van der Waals surface area contributed by atoms with Gasteiger partial charge >= 0.3 is 6.18 Å². The van der Waals surface area contributed by atoms with E-state index in [-0.39, 0.29) is 25.2 Å². The number of nitrogens with one attached hydrogen (secondary N) is 1. The van der Waals surface area contributed by atoms with Crippen LogP contribution in [0.15, 0.2) is 18.2 Å². The van der Waals surface area contributed by atoms with Crippen LogP contribution in [-0.2, 0) is 22.1 Å². The Bertz CT molecular complexity index is 532. The summed E-state index contributed by atoms with van der Waals surface area (Å²) in [5, 5.41) is 12.8. The molecule has 0 aliphatic carbocycles. The van der Waals surface area contributed by atoms with Gasteiger partial charge in [-0.05, 0) is 12.0 Å². The summed E-state index contributed by atoms with van der Waals surface area (Å²) in [4.78, 5) is 20.5. The van der Waals surface area contributed by atoms with E-state index >= 15 is 0 Å². The van der Waals surface area contributed by atoms with E-state index < -0.39 is 28.3 Å². The Morgan fingerprint density at radius 1 is 1.43 bits per heavy atom. The molecule has 0 aliphatic heterocycles. The molecule has 0 spiro atoms. The van der Waals surface area contributed by atoms with Gasteiger partial charge in [0.15, 0.2) is 0 Å². The van der Waals surface area contributed by atoms with Crippen molar-refractivity contribution in [2.24, 2.45) is 0 Å². The van der Waals surface area contributed by atoms with Crippen molar-refractivity contribution >= 4 is 11.6 Å². The van der Waals surface area contributed by atoms with E-state index in [0.29, 0.717) is 6.07 Å². The minimum absolute atomic E-state index is 0.103. The van der Waals surface area contributed by atoms with Crippen LogP contribution >= 0.6 is 0 Å². The molecule has 0 heterocycles. The zero-order valence-electron chi connectivity index (χ0n) is 11.1. The summed E-state index contributed by atoms with van der Waals surface area (Å²) >= 11 is 0. The van der Waals surface area contributed by atoms with E-state index in [1.165, 1.54) is 7.05 Å². The van der Waals surface area contributed by atoms with Crippen molar-refractivity contribution in [1.29, 1.82) is 0 Å². The van der Waals surface area contributed by atoms with Gasteiger partial charge in [-0.15, -0.1) is 0 Å². The first-order valence-electron chi connectivity index (χ1n) is 5.88. The standard InChI is InChI=1S/C12H13F3N2O4/c1-16-11(18)7-21-5-4-8-2-3-9(17(19)20)6-10(8)12(13,14)15/h2-3,6H,4-5,7H2,1H3,(H,16,18). The van der Waals surface area contributed by atoms with Crippen molar-refractivity contribution < 1.29 is 27.6 Å². The normalized spacial score (nSPS) is 11.2. The Hall–Kier alpha value is -2.16. The summed E-state index contributed by atoms with van der Waals surface area (Å²) in [5.41, 5.74) is -1.82. The van der Waals surface area contributed by atoms with Gasteiger partial charge in [-0.25, -0.2) is 0 Å². The van der Waals surface area contributed by atoms with Gasteiger partial charge in [-0.3, -0.25) is 14.9 Å². The number of hydrogen-bond donors (Lipinski definition) is 1. The van der Waals surface area contributed by atoms with Crippen molar-refractivity contribution in [1.82, 2.24) is 5.32 Å². The highest BCUT2D eigenvalue weighted by atomic mass is 19.4. The maximum atomic E-state index is 12.9. The molecule has 116 valence electrons. The average Bonchev–Trinajstić information content (AvgIpc) is 2.42. The second kappa shape index (κ2) is 7.02. The number of non-ortho nitro benzene ring substituents is 1. The fourth-order valence-electron chi connectivity index (χ4n) is 1.58. The number of nitrogens with zero attached hydrogens (tertiary/aromatic N) is 1. The van der Waals surface area contributed by atoms with Gasteiger partial charge in [0.1, 0.15) is 6.61 Å². The lowest BCUT2D eigenvalue weighted by molar-refractivity contribution is -0.385. The first-order chi connectivity index (χ1) is 9.75. The van der Waals surface area contributed by atoms with E-state index in [0.717, 1.165) is 12.1 Å². The number of carbonyl (C=O) groups excluding carboxylic acids is 1. The minimum Gasteiger partial charge on any atom is -0.371 e. The van der Waals surface area contributed by atoms with E-state index in [1.807, 2.05) is 0 Å². The third-order valence-electron chi connectivity index (χ3n) is 2.64. The maximum absolute atomic E-state index is 12.9. The van der Waals surface area contributed by atoms with E-state index in [4.69, 9.17) is 4.74 Å². The molecular formula is C12H13F3N2O4. The van der Waals surface area contributed by atoms with E-state index in [1.54, 1.807) is 0 Å². The number of nitro benzene ring substituents is 1. The second-order valence-electron chi connectivity index (χ2n) is 4.07. The number of nitro groups is 1. The molecule has 1 aromatic rings. The highest BCUT2D eigenvalue weighted by molar-refractivity contribution is 5.76. The number of rotatable bonds is 6. The summed E-state index contributed by atoms with van der Waals surface area (Å²) in [6.07, 6.45) is -4.80. The number of ether oxygens (including phenoxy) is 1. The Labute approximate surface area is 118 Å². The van der Waals surface area contributed by atoms with Crippen LogP contribution in [0.4, 0.5) is 18.9 Å². The fraction of sp³-hybridized carbons (Fsp3) is 0.417. The summed E-state index contributed by atoms with van der Waals surface area (Å²) in [7, 11) is 1.41. The van der Waals surface area contributed by atoms with Crippen molar-refractivity contribution in [3.63, 3.8) is 0 Å². The van der Waals surface area contributed by atoms with Gasteiger partial charge < -0.3 is 10.1 Å². The lowest BCUT2D eigenvalue weighted by Crippen LogP contribution is -2.24. The average molecular weight is 306 g/mol. The van der Waals surface area contributed by atoms with Crippen LogP contribution in [0.25, 0.3) is 0 Å².